The van der Waals surface area contributed by atoms with Gasteiger partial charge in [0.15, 0.2) is 0 Å². The second kappa shape index (κ2) is 6.43. The first-order valence-electron chi connectivity index (χ1n) is 6.25. The standard InChI is InChI=1S/C15H17ClN2O/c1-3-13(11-6-8-12(16)9-7-11)18-14-5-4-10-17-15(14)19-2/h4-10,13,18H,3H2,1-2H3. The number of pyridine rings is 1. The van der Waals surface area contributed by atoms with Gasteiger partial charge >= 0.3 is 0 Å². The fourth-order valence-corrected chi connectivity index (χ4v) is 2.09. The molecule has 0 aliphatic carbocycles. The summed E-state index contributed by atoms with van der Waals surface area (Å²) in [6, 6.07) is 11.9. The number of nitrogens with zero attached hydrogens (tertiary/aromatic N) is 1. The smallest absolute Gasteiger partial charge is 0.237 e. The van der Waals surface area contributed by atoms with E-state index in [9.17, 15) is 0 Å². The van der Waals surface area contributed by atoms with Crippen LogP contribution in [0.15, 0.2) is 42.6 Å². The predicted octanol–water partition coefficient (Wildman–Crippen LogP) is 4.31. The summed E-state index contributed by atoms with van der Waals surface area (Å²) in [5.41, 5.74) is 2.09. The van der Waals surface area contributed by atoms with Gasteiger partial charge in [0.1, 0.15) is 0 Å². The third kappa shape index (κ3) is 3.38. The van der Waals surface area contributed by atoms with Crippen molar-refractivity contribution in [2.24, 2.45) is 0 Å². The molecule has 0 bridgehead atoms. The van der Waals surface area contributed by atoms with Crippen LogP contribution in [0.25, 0.3) is 0 Å². The summed E-state index contributed by atoms with van der Waals surface area (Å²) in [4.78, 5) is 4.19. The van der Waals surface area contributed by atoms with E-state index in [4.69, 9.17) is 16.3 Å². The number of aromatic nitrogens is 1. The van der Waals surface area contributed by atoms with E-state index in [1.807, 2.05) is 36.4 Å². The quantitative estimate of drug-likeness (QED) is 0.884. The third-order valence-corrected chi connectivity index (χ3v) is 3.23. The molecule has 1 aromatic heterocycles. The van der Waals surface area contributed by atoms with Crippen molar-refractivity contribution in [1.82, 2.24) is 4.98 Å². The molecule has 2 aromatic rings. The predicted molar refractivity (Wildman–Crippen MR) is 78.9 cm³/mol. The van der Waals surface area contributed by atoms with E-state index in [0.717, 1.165) is 17.1 Å². The molecule has 0 spiro atoms. The molecule has 0 saturated carbocycles. The van der Waals surface area contributed by atoms with E-state index >= 15 is 0 Å². The molecule has 0 fully saturated rings. The van der Waals surface area contributed by atoms with E-state index in [1.54, 1.807) is 13.3 Å². The summed E-state index contributed by atoms with van der Waals surface area (Å²) in [5, 5.41) is 4.20. The monoisotopic (exact) mass is 276 g/mol. The van der Waals surface area contributed by atoms with Gasteiger partial charge in [-0.25, -0.2) is 4.98 Å². The maximum Gasteiger partial charge on any atom is 0.237 e. The Hall–Kier alpha value is -1.74. The van der Waals surface area contributed by atoms with E-state index < -0.39 is 0 Å². The van der Waals surface area contributed by atoms with Crippen molar-refractivity contribution in [2.45, 2.75) is 19.4 Å². The van der Waals surface area contributed by atoms with Crippen LogP contribution in [0.4, 0.5) is 5.69 Å². The first kappa shape index (κ1) is 13.7. The molecule has 0 saturated heterocycles. The van der Waals surface area contributed by atoms with Crippen molar-refractivity contribution < 1.29 is 4.74 Å². The van der Waals surface area contributed by atoms with Gasteiger partial charge in [-0.2, -0.15) is 0 Å². The van der Waals surface area contributed by atoms with Gasteiger partial charge in [0.05, 0.1) is 18.8 Å². The summed E-state index contributed by atoms with van der Waals surface area (Å²) in [6.45, 7) is 2.13. The Morgan fingerprint density at radius 1 is 1.26 bits per heavy atom. The minimum atomic E-state index is 0.204. The Bertz CT molecular complexity index is 528. The van der Waals surface area contributed by atoms with Crippen molar-refractivity contribution in [3.8, 4) is 5.88 Å². The number of ether oxygens (including phenoxy) is 1. The Labute approximate surface area is 118 Å². The van der Waals surface area contributed by atoms with Crippen LogP contribution in [0.3, 0.4) is 0 Å². The minimum absolute atomic E-state index is 0.204. The van der Waals surface area contributed by atoms with Gasteiger partial charge in [-0.3, -0.25) is 0 Å². The summed E-state index contributed by atoms with van der Waals surface area (Å²) in [6.07, 6.45) is 2.67. The molecule has 1 N–H and O–H groups in total. The SMILES string of the molecule is CCC(Nc1cccnc1OC)c1ccc(Cl)cc1. The van der Waals surface area contributed by atoms with E-state index in [-0.39, 0.29) is 6.04 Å². The maximum atomic E-state index is 5.92. The van der Waals surface area contributed by atoms with Gasteiger partial charge in [-0.1, -0.05) is 30.7 Å². The maximum absolute atomic E-state index is 5.92. The highest BCUT2D eigenvalue weighted by Gasteiger charge is 2.12. The summed E-state index contributed by atoms with van der Waals surface area (Å²) >= 11 is 5.92. The Kier molecular flexibility index (Phi) is 4.63. The lowest BCUT2D eigenvalue weighted by Gasteiger charge is -2.20. The van der Waals surface area contributed by atoms with Crippen molar-refractivity contribution in [1.29, 1.82) is 0 Å². The van der Waals surface area contributed by atoms with Crippen LogP contribution in [0.1, 0.15) is 24.9 Å². The highest BCUT2D eigenvalue weighted by Crippen LogP contribution is 2.28. The Balaban J connectivity index is 2.21. The van der Waals surface area contributed by atoms with Gasteiger partial charge in [0, 0.05) is 11.2 Å². The van der Waals surface area contributed by atoms with Crippen LogP contribution in [0.5, 0.6) is 5.88 Å². The van der Waals surface area contributed by atoms with Gasteiger partial charge in [-0.05, 0) is 36.2 Å². The number of hydrogen-bond donors (Lipinski definition) is 1. The van der Waals surface area contributed by atoms with Crippen LogP contribution in [-0.4, -0.2) is 12.1 Å². The van der Waals surface area contributed by atoms with Gasteiger partial charge in [0.2, 0.25) is 5.88 Å². The summed E-state index contributed by atoms with van der Waals surface area (Å²) in [7, 11) is 1.62. The van der Waals surface area contributed by atoms with Crippen LogP contribution in [0.2, 0.25) is 5.02 Å². The number of halogens is 1. The highest BCUT2D eigenvalue weighted by atomic mass is 35.5. The lowest BCUT2D eigenvalue weighted by Crippen LogP contribution is -2.10. The van der Waals surface area contributed by atoms with Crippen LogP contribution in [0, 0.1) is 0 Å². The number of methoxy groups -OCH3 is 1. The molecule has 3 nitrogen and oxygen atoms in total. The minimum Gasteiger partial charge on any atom is -0.480 e. The molecule has 1 aromatic carbocycles. The Morgan fingerprint density at radius 2 is 2.00 bits per heavy atom. The van der Waals surface area contributed by atoms with Crippen LogP contribution < -0.4 is 10.1 Å². The molecule has 1 heterocycles. The molecule has 0 aliphatic heterocycles. The van der Waals surface area contributed by atoms with Gasteiger partial charge in [-0.15, -0.1) is 0 Å². The fourth-order valence-electron chi connectivity index (χ4n) is 1.97. The van der Waals surface area contributed by atoms with E-state index in [1.165, 1.54) is 5.56 Å². The average molecular weight is 277 g/mol. The first-order valence-corrected chi connectivity index (χ1v) is 6.63. The number of hydrogen-bond acceptors (Lipinski definition) is 3. The number of nitrogens with one attached hydrogen (secondary N) is 1. The summed E-state index contributed by atoms with van der Waals surface area (Å²) < 4.78 is 5.25. The third-order valence-electron chi connectivity index (χ3n) is 2.97. The molecular formula is C15H17ClN2O. The molecule has 1 unspecified atom stereocenters. The van der Waals surface area contributed by atoms with Crippen molar-refractivity contribution in [3.05, 3.63) is 53.2 Å². The molecule has 4 heteroatoms. The zero-order valence-electron chi connectivity index (χ0n) is 11.1. The van der Waals surface area contributed by atoms with Crippen molar-refractivity contribution >= 4 is 17.3 Å². The van der Waals surface area contributed by atoms with Crippen LogP contribution in [-0.2, 0) is 0 Å². The zero-order valence-corrected chi connectivity index (χ0v) is 11.8. The summed E-state index contributed by atoms with van der Waals surface area (Å²) in [5.74, 6) is 0.606. The Morgan fingerprint density at radius 3 is 2.63 bits per heavy atom. The molecular weight excluding hydrogens is 260 g/mol. The molecule has 0 radical (unpaired) electrons. The van der Waals surface area contributed by atoms with Crippen LogP contribution >= 0.6 is 11.6 Å². The average Bonchev–Trinajstić information content (AvgIpc) is 2.46. The van der Waals surface area contributed by atoms with E-state index in [0.29, 0.717) is 5.88 Å². The number of anilines is 1. The molecule has 0 amide bonds. The molecule has 100 valence electrons. The van der Waals surface area contributed by atoms with Gasteiger partial charge in [0.25, 0.3) is 0 Å². The molecule has 1 atom stereocenters. The zero-order chi connectivity index (χ0) is 13.7. The highest BCUT2D eigenvalue weighted by molar-refractivity contribution is 6.30. The van der Waals surface area contributed by atoms with Crippen molar-refractivity contribution in [3.63, 3.8) is 0 Å². The first-order chi connectivity index (χ1) is 9.24. The van der Waals surface area contributed by atoms with E-state index in [2.05, 4.69) is 17.2 Å². The largest absolute Gasteiger partial charge is 0.480 e. The number of rotatable bonds is 5. The lowest BCUT2D eigenvalue weighted by atomic mass is 10.0. The molecule has 0 aliphatic rings. The second-order valence-electron chi connectivity index (χ2n) is 4.22. The second-order valence-corrected chi connectivity index (χ2v) is 4.65. The molecule has 19 heavy (non-hydrogen) atoms. The normalized spacial score (nSPS) is 11.9. The topological polar surface area (TPSA) is 34.2 Å². The fraction of sp³-hybridized carbons (Fsp3) is 0.267. The lowest BCUT2D eigenvalue weighted by molar-refractivity contribution is 0.399. The number of benzene rings is 1. The van der Waals surface area contributed by atoms with Crippen molar-refractivity contribution in [2.75, 3.05) is 12.4 Å². The molecule has 2 rings (SSSR count). The van der Waals surface area contributed by atoms with Gasteiger partial charge < -0.3 is 10.1 Å².